The lowest BCUT2D eigenvalue weighted by atomic mass is 10.1. The third-order valence-corrected chi connectivity index (χ3v) is 1.77. The molecule has 0 saturated heterocycles. The van der Waals surface area contributed by atoms with Crippen molar-refractivity contribution in [2.45, 2.75) is 46.0 Å². The van der Waals surface area contributed by atoms with Crippen LogP contribution in [-0.4, -0.2) is 11.1 Å². The second-order valence-electron chi connectivity index (χ2n) is 2.90. The number of allylic oxidation sites excluding steroid dienone is 1. The molecule has 2 heteroatoms. The Bertz CT molecular complexity index is 159. The lowest BCUT2D eigenvalue weighted by molar-refractivity contribution is -0.132. The van der Waals surface area contributed by atoms with Gasteiger partial charge in [0.2, 0.25) is 0 Å². The summed E-state index contributed by atoms with van der Waals surface area (Å²) >= 11 is 0. The van der Waals surface area contributed by atoms with Gasteiger partial charge in [0.15, 0.2) is 0 Å². The minimum Gasteiger partial charge on any atom is -0.478 e. The fourth-order valence-corrected chi connectivity index (χ4v) is 1.11. The highest BCUT2D eigenvalue weighted by molar-refractivity contribution is 5.86. The molecule has 0 saturated carbocycles. The van der Waals surface area contributed by atoms with Gasteiger partial charge in [-0.1, -0.05) is 32.8 Å². The van der Waals surface area contributed by atoms with E-state index in [-0.39, 0.29) is 0 Å². The molecule has 0 aliphatic carbocycles. The van der Waals surface area contributed by atoms with E-state index in [0.29, 0.717) is 5.57 Å². The van der Waals surface area contributed by atoms with Crippen molar-refractivity contribution in [2.24, 2.45) is 0 Å². The van der Waals surface area contributed by atoms with Crippen LogP contribution in [0.25, 0.3) is 0 Å². The number of hydrogen-bond acceptors (Lipinski definition) is 1. The number of rotatable bonds is 6. The maximum Gasteiger partial charge on any atom is 0.331 e. The Morgan fingerprint density at radius 1 is 1.33 bits per heavy atom. The minimum atomic E-state index is -0.757. The molecule has 0 spiro atoms. The van der Waals surface area contributed by atoms with Gasteiger partial charge in [-0.15, -0.1) is 0 Å². The van der Waals surface area contributed by atoms with Gasteiger partial charge in [-0.3, -0.25) is 0 Å². The summed E-state index contributed by atoms with van der Waals surface area (Å²) in [7, 11) is 0. The number of carbonyl (C=O) groups is 1. The summed E-state index contributed by atoms with van der Waals surface area (Å²) in [6, 6.07) is 0. The molecule has 0 aliphatic heterocycles. The molecule has 12 heavy (non-hydrogen) atoms. The summed E-state index contributed by atoms with van der Waals surface area (Å²) in [6.07, 6.45) is 6.59. The largest absolute Gasteiger partial charge is 0.478 e. The number of carboxylic acids is 1. The first kappa shape index (κ1) is 11.2. The van der Waals surface area contributed by atoms with E-state index in [2.05, 4.69) is 6.92 Å². The molecule has 0 aromatic heterocycles. The molecule has 70 valence electrons. The predicted octanol–water partition coefficient (Wildman–Crippen LogP) is 2.99. The zero-order valence-electron chi connectivity index (χ0n) is 7.97. The zero-order chi connectivity index (χ0) is 9.40. The molecule has 0 amide bonds. The van der Waals surface area contributed by atoms with Crippen molar-refractivity contribution in [3.63, 3.8) is 0 Å². The molecular weight excluding hydrogens is 152 g/mol. The second kappa shape index (κ2) is 6.89. The van der Waals surface area contributed by atoms with Gasteiger partial charge >= 0.3 is 5.97 Å². The quantitative estimate of drug-likeness (QED) is 0.491. The van der Waals surface area contributed by atoms with Gasteiger partial charge in [0.25, 0.3) is 0 Å². The number of unbranched alkanes of at least 4 members (excludes halogenated alkanes) is 2. The molecular formula is C10H18O2. The normalized spacial score (nSPS) is 11.7. The van der Waals surface area contributed by atoms with Crippen molar-refractivity contribution in [1.29, 1.82) is 0 Å². The van der Waals surface area contributed by atoms with Crippen molar-refractivity contribution < 1.29 is 9.90 Å². The molecule has 0 aromatic rings. The van der Waals surface area contributed by atoms with Crippen LogP contribution < -0.4 is 0 Å². The molecule has 0 radical (unpaired) electrons. The van der Waals surface area contributed by atoms with E-state index in [4.69, 9.17) is 5.11 Å². The molecule has 0 atom stereocenters. The fourth-order valence-electron chi connectivity index (χ4n) is 1.11. The molecule has 1 N–H and O–H groups in total. The van der Waals surface area contributed by atoms with E-state index in [9.17, 15) is 4.79 Å². The Morgan fingerprint density at radius 3 is 2.42 bits per heavy atom. The van der Waals surface area contributed by atoms with Crippen LogP contribution in [0, 0.1) is 0 Å². The van der Waals surface area contributed by atoms with Gasteiger partial charge < -0.3 is 5.11 Å². The Labute approximate surface area is 74.3 Å². The third-order valence-electron chi connectivity index (χ3n) is 1.77. The molecule has 0 aliphatic rings. The van der Waals surface area contributed by atoms with Crippen LogP contribution in [0.15, 0.2) is 11.6 Å². The average molecular weight is 170 g/mol. The zero-order valence-corrected chi connectivity index (χ0v) is 7.97. The van der Waals surface area contributed by atoms with E-state index < -0.39 is 5.97 Å². The molecule has 0 rings (SSSR count). The summed E-state index contributed by atoms with van der Waals surface area (Å²) in [4.78, 5) is 10.6. The van der Waals surface area contributed by atoms with E-state index >= 15 is 0 Å². The van der Waals surface area contributed by atoms with Crippen LogP contribution >= 0.6 is 0 Å². The van der Waals surface area contributed by atoms with E-state index in [1.807, 2.05) is 6.92 Å². The van der Waals surface area contributed by atoms with Crippen molar-refractivity contribution in [3.05, 3.63) is 11.6 Å². The van der Waals surface area contributed by atoms with Crippen LogP contribution in [0.1, 0.15) is 46.0 Å². The van der Waals surface area contributed by atoms with E-state index in [0.717, 1.165) is 32.1 Å². The maximum atomic E-state index is 10.6. The Morgan fingerprint density at radius 2 is 2.00 bits per heavy atom. The van der Waals surface area contributed by atoms with Crippen LogP contribution in [0.3, 0.4) is 0 Å². The SMILES string of the molecule is CCC=C(CCCCC)C(=O)O. The van der Waals surface area contributed by atoms with E-state index in [1.165, 1.54) is 0 Å². The van der Waals surface area contributed by atoms with Crippen molar-refractivity contribution in [1.82, 2.24) is 0 Å². The highest BCUT2D eigenvalue weighted by atomic mass is 16.4. The summed E-state index contributed by atoms with van der Waals surface area (Å²) in [5.41, 5.74) is 0.575. The summed E-state index contributed by atoms with van der Waals surface area (Å²) in [5, 5.41) is 8.74. The van der Waals surface area contributed by atoms with Gasteiger partial charge in [-0.05, 0) is 19.3 Å². The number of aliphatic carboxylic acids is 1. The van der Waals surface area contributed by atoms with Crippen molar-refractivity contribution in [2.75, 3.05) is 0 Å². The van der Waals surface area contributed by atoms with Gasteiger partial charge in [-0.2, -0.15) is 0 Å². The first-order valence-electron chi connectivity index (χ1n) is 4.64. The topological polar surface area (TPSA) is 37.3 Å². The molecule has 2 nitrogen and oxygen atoms in total. The van der Waals surface area contributed by atoms with Gasteiger partial charge in [0.05, 0.1) is 0 Å². The standard InChI is InChI=1S/C10H18O2/c1-3-5-6-8-9(7-4-2)10(11)12/h7H,3-6,8H2,1-2H3,(H,11,12). The molecule has 0 heterocycles. The highest BCUT2D eigenvalue weighted by Gasteiger charge is 2.04. The Kier molecular flexibility index (Phi) is 6.44. The van der Waals surface area contributed by atoms with Crippen molar-refractivity contribution >= 4 is 5.97 Å². The van der Waals surface area contributed by atoms with Crippen LogP contribution in [0.5, 0.6) is 0 Å². The first-order chi connectivity index (χ1) is 5.72. The molecule has 0 bridgehead atoms. The Balaban J connectivity index is 3.81. The Hall–Kier alpha value is -0.790. The van der Waals surface area contributed by atoms with Gasteiger partial charge in [0.1, 0.15) is 0 Å². The maximum absolute atomic E-state index is 10.6. The van der Waals surface area contributed by atoms with Crippen LogP contribution in [0.2, 0.25) is 0 Å². The first-order valence-corrected chi connectivity index (χ1v) is 4.64. The predicted molar refractivity (Wildman–Crippen MR) is 50.2 cm³/mol. The fraction of sp³-hybridized carbons (Fsp3) is 0.700. The summed E-state index contributed by atoms with van der Waals surface area (Å²) < 4.78 is 0. The van der Waals surface area contributed by atoms with Crippen molar-refractivity contribution in [3.8, 4) is 0 Å². The smallest absolute Gasteiger partial charge is 0.331 e. The van der Waals surface area contributed by atoms with Gasteiger partial charge in [0, 0.05) is 5.57 Å². The average Bonchev–Trinajstić information content (AvgIpc) is 2.03. The second-order valence-corrected chi connectivity index (χ2v) is 2.90. The van der Waals surface area contributed by atoms with Crippen LogP contribution in [0.4, 0.5) is 0 Å². The monoisotopic (exact) mass is 170 g/mol. The van der Waals surface area contributed by atoms with Gasteiger partial charge in [-0.25, -0.2) is 4.79 Å². The molecule has 0 fully saturated rings. The number of carboxylic acid groups (broad SMARTS) is 1. The van der Waals surface area contributed by atoms with E-state index in [1.54, 1.807) is 6.08 Å². The summed E-state index contributed by atoms with van der Waals surface area (Å²) in [5.74, 6) is -0.757. The lowest BCUT2D eigenvalue weighted by Crippen LogP contribution is -2.00. The van der Waals surface area contributed by atoms with Crippen LogP contribution in [-0.2, 0) is 4.79 Å². The highest BCUT2D eigenvalue weighted by Crippen LogP contribution is 2.09. The molecule has 0 unspecified atom stereocenters. The lowest BCUT2D eigenvalue weighted by Gasteiger charge is -2.00. The summed E-state index contributed by atoms with van der Waals surface area (Å²) in [6.45, 7) is 4.08. The minimum absolute atomic E-state index is 0.575. The molecule has 0 aromatic carbocycles. The number of hydrogen-bond donors (Lipinski definition) is 1. The third kappa shape index (κ3) is 4.94.